The maximum Gasteiger partial charge on any atom is 0.416 e. The molecule has 14 heteroatoms. The minimum Gasteiger partial charge on any atom is -0.378 e. The van der Waals surface area contributed by atoms with Crippen molar-refractivity contribution >= 4 is 51.7 Å². The Kier molecular flexibility index (Phi) is 11.7. The van der Waals surface area contributed by atoms with Crippen molar-refractivity contribution in [3.05, 3.63) is 79.9 Å². The number of aromatic nitrogens is 2. The van der Waals surface area contributed by atoms with Crippen LogP contribution >= 0.6 is 35.0 Å². The largest absolute Gasteiger partial charge is 0.416 e. The number of anilines is 1. The number of carbonyl (C=O) groups is 1. The molecule has 2 aromatic carbocycles. The summed E-state index contributed by atoms with van der Waals surface area (Å²) in [5, 5.41) is 13.7. The minimum atomic E-state index is -4.63. The van der Waals surface area contributed by atoms with Crippen molar-refractivity contribution in [1.82, 2.24) is 14.7 Å². The predicted molar refractivity (Wildman–Crippen MR) is 145 cm³/mol. The zero-order valence-electron chi connectivity index (χ0n) is 20.5. The van der Waals surface area contributed by atoms with Crippen LogP contribution in [0.5, 0.6) is 0 Å². The smallest absolute Gasteiger partial charge is 0.378 e. The number of hydrogen-bond acceptors (Lipinski definition) is 6. The zero-order valence-corrected chi connectivity index (χ0v) is 22.9. The van der Waals surface area contributed by atoms with Crippen LogP contribution in [0.4, 0.5) is 29.5 Å². The van der Waals surface area contributed by atoms with Crippen LogP contribution in [0.25, 0.3) is 5.69 Å². The molecule has 206 valence electrons. The second kappa shape index (κ2) is 14.3. The third kappa shape index (κ3) is 8.53. The number of carbonyl (C=O) groups excluding carboxylic acids is 1. The number of nitro groups is 1. The Morgan fingerprint density at radius 2 is 1.68 bits per heavy atom. The molecule has 1 aromatic heterocycles. The van der Waals surface area contributed by atoms with Gasteiger partial charge in [-0.05, 0) is 30.5 Å². The van der Waals surface area contributed by atoms with Crippen LogP contribution in [0.2, 0.25) is 10.0 Å². The number of hydrogen-bond donors (Lipinski definition) is 1. The summed E-state index contributed by atoms with van der Waals surface area (Å²) in [5.41, 5.74) is 4.99. The Morgan fingerprint density at radius 1 is 1.13 bits per heavy atom. The number of rotatable bonds is 8. The maximum atomic E-state index is 12.6. The van der Waals surface area contributed by atoms with Crippen molar-refractivity contribution < 1.29 is 22.9 Å². The summed E-state index contributed by atoms with van der Waals surface area (Å²) in [5.74, 6) is 0.368. The van der Waals surface area contributed by atoms with E-state index in [2.05, 4.69) is 31.1 Å². The van der Waals surface area contributed by atoms with Gasteiger partial charge in [0, 0.05) is 18.8 Å². The van der Waals surface area contributed by atoms with E-state index in [0.29, 0.717) is 12.1 Å². The molecule has 0 fully saturated rings. The van der Waals surface area contributed by atoms with Gasteiger partial charge in [0.1, 0.15) is 11.9 Å². The summed E-state index contributed by atoms with van der Waals surface area (Å²) < 4.78 is 38.7. The van der Waals surface area contributed by atoms with Gasteiger partial charge in [-0.2, -0.15) is 18.3 Å². The number of alkyl halides is 3. The van der Waals surface area contributed by atoms with Crippen LogP contribution in [-0.2, 0) is 11.9 Å². The lowest BCUT2D eigenvalue weighted by Gasteiger charge is -2.20. The van der Waals surface area contributed by atoms with Gasteiger partial charge in [0.15, 0.2) is 0 Å². The molecule has 0 aliphatic heterocycles. The zero-order chi connectivity index (χ0) is 28.5. The van der Waals surface area contributed by atoms with Gasteiger partial charge in [-0.3, -0.25) is 14.9 Å². The van der Waals surface area contributed by atoms with Gasteiger partial charge in [-0.1, -0.05) is 79.1 Å². The molecule has 0 saturated carbocycles. The lowest BCUT2D eigenvalue weighted by Crippen LogP contribution is -2.29. The van der Waals surface area contributed by atoms with E-state index in [1.165, 1.54) is 17.3 Å². The summed E-state index contributed by atoms with van der Waals surface area (Å²) in [7, 11) is 0. The first-order valence-corrected chi connectivity index (χ1v) is 13.1. The first kappa shape index (κ1) is 31.3. The highest BCUT2D eigenvalue weighted by atomic mass is 35.5. The quantitative estimate of drug-likeness (QED) is 0.211. The Balaban J connectivity index is 0.000000273. The van der Waals surface area contributed by atoms with Crippen molar-refractivity contribution in [2.24, 2.45) is 0 Å². The van der Waals surface area contributed by atoms with Crippen LogP contribution in [-0.4, -0.2) is 37.9 Å². The van der Waals surface area contributed by atoms with E-state index in [9.17, 15) is 28.1 Å². The summed E-state index contributed by atoms with van der Waals surface area (Å²) in [6.07, 6.45) is -1.73. The molecule has 1 amide bonds. The fourth-order valence-electron chi connectivity index (χ4n) is 3.24. The lowest BCUT2D eigenvalue weighted by molar-refractivity contribution is -0.383. The van der Waals surface area contributed by atoms with E-state index in [4.69, 9.17) is 28.9 Å². The molecule has 2 N–H and O–H groups in total. The van der Waals surface area contributed by atoms with E-state index in [1.807, 2.05) is 23.1 Å². The Morgan fingerprint density at radius 3 is 2.13 bits per heavy atom. The number of nitrogens with zero attached hydrogens (tertiary/aromatic N) is 4. The molecule has 0 aliphatic carbocycles. The van der Waals surface area contributed by atoms with Crippen molar-refractivity contribution in [2.75, 3.05) is 18.8 Å². The van der Waals surface area contributed by atoms with Gasteiger partial charge < -0.3 is 10.6 Å². The molecule has 8 nitrogen and oxygen atoms in total. The molecule has 0 aliphatic rings. The normalized spacial score (nSPS) is 11.0. The standard InChI is InChI=1S/C14H21NOS.C10H5Cl2F3N4O2/c1-3-10-15(11-4-2)14(16)17-12-13-8-6-5-7-9-13;11-5-1-4(10(13,14)15)2-6(12)8(5)18-9(16)7(3-17-18)19(20)21/h5-9H,3-4,10-12H2,1-2H3;1-3H,16H2. The minimum absolute atomic E-state index is 0.170. The van der Waals surface area contributed by atoms with Crippen molar-refractivity contribution in [1.29, 1.82) is 0 Å². The van der Waals surface area contributed by atoms with E-state index in [-0.39, 0.29) is 21.0 Å². The van der Waals surface area contributed by atoms with Crippen LogP contribution in [0.15, 0.2) is 48.7 Å². The fraction of sp³-hybridized carbons (Fsp3) is 0.333. The molecule has 0 radical (unpaired) electrons. The van der Waals surface area contributed by atoms with E-state index in [1.54, 1.807) is 0 Å². The maximum absolute atomic E-state index is 12.6. The number of halogens is 5. The number of thioether (sulfide) groups is 1. The summed E-state index contributed by atoms with van der Waals surface area (Å²) in [6, 6.07) is 11.4. The topological polar surface area (TPSA) is 107 Å². The lowest BCUT2D eigenvalue weighted by atomic mass is 10.2. The summed E-state index contributed by atoms with van der Waals surface area (Å²) >= 11 is 12.9. The second-order valence-corrected chi connectivity index (χ2v) is 9.64. The second-order valence-electron chi connectivity index (χ2n) is 7.90. The predicted octanol–water partition coefficient (Wildman–Crippen LogP) is 7.85. The summed E-state index contributed by atoms with van der Waals surface area (Å²) in [6.45, 7) is 5.96. The van der Waals surface area contributed by atoms with Gasteiger partial charge in [-0.15, -0.1) is 0 Å². The molecule has 0 unspecified atom stereocenters. The van der Waals surface area contributed by atoms with Crippen LogP contribution in [0.1, 0.15) is 37.8 Å². The van der Waals surface area contributed by atoms with Crippen molar-refractivity contribution in [3.63, 3.8) is 0 Å². The molecular formula is C24H26Cl2F3N5O3S. The SMILES string of the molecule is CCCN(CCC)C(=O)SCc1ccccc1.Nc1c([N+](=O)[O-])cnn1-c1c(Cl)cc(C(F)(F)F)cc1Cl. The number of amides is 1. The Hall–Kier alpha value is -2.96. The van der Waals surface area contributed by atoms with Crippen LogP contribution in [0.3, 0.4) is 0 Å². The van der Waals surface area contributed by atoms with Gasteiger partial charge >= 0.3 is 11.9 Å². The van der Waals surface area contributed by atoms with E-state index < -0.39 is 28.2 Å². The molecular weight excluding hydrogens is 566 g/mol. The molecule has 0 saturated heterocycles. The average Bonchev–Trinajstić information content (AvgIpc) is 3.23. The van der Waals surface area contributed by atoms with Crippen molar-refractivity contribution in [3.8, 4) is 5.69 Å². The Labute approximate surface area is 232 Å². The van der Waals surface area contributed by atoms with E-state index >= 15 is 0 Å². The Bertz CT molecular complexity index is 1210. The monoisotopic (exact) mass is 591 g/mol. The molecule has 3 rings (SSSR count). The number of nitrogen functional groups attached to an aromatic ring is 1. The number of nitrogens with two attached hydrogens (primary N) is 1. The van der Waals surface area contributed by atoms with E-state index in [0.717, 1.165) is 42.6 Å². The molecule has 1 heterocycles. The average molecular weight is 592 g/mol. The molecule has 0 spiro atoms. The number of benzene rings is 2. The van der Waals surface area contributed by atoms with Gasteiger partial charge in [0.2, 0.25) is 5.82 Å². The van der Waals surface area contributed by atoms with Crippen LogP contribution < -0.4 is 5.73 Å². The molecule has 38 heavy (non-hydrogen) atoms. The molecule has 0 bridgehead atoms. The highest BCUT2D eigenvalue weighted by Gasteiger charge is 2.33. The first-order valence-electron chi connectivity index (χ1n) is 11.4. The van der Waals surface area contributed by atoms with Gasteiger partial charge in [0.05, 0.1) is 20.5 Å². The summed E-state index contributed by atoms with van der Waals surface area (Å²) in [4.78, 5) is 23.8. The third-order valence-corrected chi connectivity index (χ3v) is 6.55. The van der Waals surface area contributed by atoms with Crippen LogP contribution in [0, 0.1) is 10.1 Å². The van der Waals surface area contributed by atoms with Gasteiger partial charge in [0.25, 0.3) is 5.24 Å². The van der Waals surface area contributed by atoms with Crippen molar-refractivity contribution in [2.45, 2.75) is 38.6 Å². The highest BCUT2D eigenvalue weighted by molar-refractivity contribution is 8.12. The molecule has 0 atom stereocenters. The van der Waals surface area contributed by atoms with Gasteiger partial charge in [-0.25, -0.2) is 4.68 Å². The molecule has 3 aromatic rings. The first-order chi connectivity index (χ1) is 17.9. The third-order valence-electron chi connectivity index (χ3n) is 4.99. The fourth-order valence-corrected chi connectivity index (χ4v) is 4.74. The highest BCUT2D eigenvalue weighted by Crippen LogP contribution is 2.38.